The van der Waals surface area contributed by atoms with Gasteiger partial charge in [-0.15, -0.1) is 0 Å². The second kappa shape index (κ2) is 73.5. The molecule has 0 saturated carbocycles. The summed E-state index contributed by atoms with van der Waals surface area (Å²) < 4.78 is 68.6. The van der Waals surface area contributed by atoms with Gasteiger partial charge in [-0.05, 0) is 148 Å². The Hall–Kier alpha value is -3.76. The summed E-state index contributed by atoms with van der Waals surface area (Å²) in [5, 5.41) is 10.6. The number of carbonyl (C=O) groups excluding carboxylic acids is 4. The van der Waals surface area contributed by atoms with Crippen molar-refractivity contribution < 1.29 is 80.2 Å². The molecular formula is C81H144O17P2. The monoisotopic (exact) mass is 1450 g/mol. The molecule has 0 aromatic heterocycles. The van der Waals surface area contributed by atoms with Gasteiger partial charge in [0.05, 0.1) is 26.4 Å². The van der Waals surface area contributed by atoms with Gasteiger partial charge in [0.1, 0.15) is 19.3 Å². The molecule has 0 aromatic carbocycles. The Labute approximate surface area is 608 Å². The maximum absolute atomic E-state index is 13.1. The summed E-state index contributed by atoms with van der Waals surface area (Å²) in [5.41, 5.74) is 0. The SMILES string of the molecule is CCCCC/C=C\C/C=C\CCCCCCCC(=O)OC[C@H](COP(=O)(O)OC[C@@H](O)COP(=O)(O)OC[C@@H](COC(=O)CCCCCCC/C=C\CCCCCCCC)OC(=O)CCCCCCC/C=C\C/C=C\CCCCC)OC(=O)CCCCCCC/C=C\C/C=C\CCCCC. The van der Waals surface area contributed by atoms with Gasteiger partial charge in [0.15, 0.2) is 12.2 Å². The summed E-state index contributed by atoms with van der Waals surface area (Å²) in [5.74, 6) is -2.21. The minimum Gasteiger partial charge on any atom is -0.462 e. The van der Waals surface area contributed by atoms with E-state index in [1.54, 1.807) is 0 Å². The van der Waals surface area contributed by atoms with Crippen LogP contribution >= 0.6 is 15.6 Å². The van der Waals surface area contributed by atoms with Crippen molar-refractivity contribution in [1.82, 2.24) is 0 Å². The number of unbranched alkanes of at least 4 members (excludes halogenated alkanes) is 35. The number of ether oxygens (including phenoxy) is 4. The van der Waals surface area contributed by atoms with E-state index in [0.29, 0.717) is 25.7 Å². The Balaban J connectivity index is 5.38. The van der Waals surface area contributed by atoms with Gasteiger partial charge in [-0.2, -0.15) is 0 Å². The van der Waals surface area contributed by atoms with E-state index in [0.717, 1.165) is 173 Å². The molecule has 0 radical (unpaired) electrons. The fourth-order valence-corrected chi connectivity index (χ4v) is 12.2. The Bertz CT molecular complexity index is 2230. The molecule has 0 aliphatic heterocycles. The van der Waals surface area contributed by atoms with E-state index in [1.807, 2.05) is 0 Å². The van der Waals surface area contributed by atoms with Crippen LogP contribution < -0.4 is 0 Å². The molecule has 0 aromatic rings. The molecule has 0 saturated heterocycles. The highest BCUT2D eigenvalue weighted by atomic mass is 31.2. The topological polar surface area (TPSA) is 237 Å². The van der Waals surface area contributed by atoms with Crippen molar-refractivity contribution >= 4 is 39.5 Å². The minimum atomic E-state index is -4.98. The first-order chi connectivity index (χ1) is 48.7. The van der Waals surface area contributed by atoms with E-state index in [9.17, 15) is 43.2 Å². The van der Waals surface area contributed by atoms with Gasteiger partial charge in [-0.3, -0.25) is 37.3 Å². The van der Waals surface area contributed by atoms with Gasteiger partial charge in [-0.25, -0.2) is 9.13 Å². The number of esters is 4. The number of phosphoric acid groups is 2. The molecule has 0 aliphatic rings. The number of allylic oxidation sites excluding steroid dienone is 14. The number of hydrogen-bond acceptors (Lipinski definition) is 15. The number of rotatable bonds is 75. The molecule has 17 nitrogen and oxygen atoms in total. The average molecular weight is 1450 g/mol. The van der Waals surface area contributed by atoms with Crippen molar-refractivity contribution in [2.24, 2.45) is 0 Å². The van der Waals surface area contributed by atoms with E-state index in [-0.39, 0.29) is 25.7 Å². The van der Waals surface area contributed by atoms with Crippen LogP contribution in [-0.2, 0) is 65.4 Å². The average Bonchev–Trinajstić information content (AvgIpc) is 1.01. The van der Waals surface area contributed by atoms with Crippen LogP contribution in [-0.4, -0.2) is 96.7 Å². The third-order valence-corrected chi connectivity index (χ3v) is 18.7. The Morgan fingerprint density at radius 2 is 0.490 bits per heavy atom. The van der Waals surface area contributed by atoms with Crippen molar-refractivity contribution in [3.05, 3.63) is 85.1 Å². The van der Waals surface area contributed by atoms with Gasteiger partial charge in [0.2, 0.25) is 0 Å². The molecule has 0 bridgehead atoms. The lowest BCUT2D eigenvalue weighted by atomic mass is 10.1. The van der Waals surface area contributed by atoms with Crippen LogP contribution in [0.4, 0.5) is 0 Å². The zero-order valence-corrected chi connectivity index (χ0v) is 65.2. The maximum Gasteiger partial charge on any atom is 0.472 e. The van der Waals surface area contributed by atoms with Gasteiger partial charge in [0, 0.05) is 25.7 Å². The van der Waals surface area contributed by atoms with Gasteiger partial charge in [-0.1, -0.05) is 260 Å². The van der Waals surface area contributed by atoms with Crippen LogP contribution in [0.5, 0.6) is 0 Å². The molecule has 0 rings (SSSR count). The predicted octanol–water partition coefficient (Wildman–Crippen LogP) is 23.0. The highest BCUT2D eigenvalue weighted by Gasteiger charge is 2.30. The number of carbonyl (C=O) groups is 4. The normalized spacial score (nSPS) is 14.3. The molecule has 3 N–H and O–H groups in total. The third kappa shape index (κ3) is 72.6. The van der Waals surface area contributed by atoms with E-state index in [2.05, 4.69) is 113 Å². The molecule has 580 valence electrons. The molecule has 100 heavy (non-hydrogen) atoms. The second-order valence-electron chi connectivity index (χ2n) is 26.6. The molecule has 0 heterocycles. The molecule has 2 unspecified atom stereocenters. The lowest BCUT2D eigenvalue weighted by Gasteiger charge is -2.21. The molecule has 5 atom stereocenters. The fourth-order valence-electron chi connectivity index (χ4n) is 10.7. The second-order valence-corrected chi connectivity index (χ2v) is 29.5. The number of aliphatic hydroxyl groups excluding tert-OH is 1. The van der Waals surface area contributed by atoms with Crippen LogP contribution in [0.15, 0.2) is 85.1 Å². The van der Waals surface area contributed by atoms with E-state index < -0.39 is 97.5 Å². The maximum atomic E-state index is 13.1. The van der Waals surface area contributed by atoms with E-state index in [4.69, 9.17) is 37.0 Å². The van der Waals surface area contributed by atoms with Crippen molar-refractivity contribution in [3.8, 4) is 0 Å². The van der Waals surface area contributed by atoms with Gasteiger partial charge < -0.3 is 33.8 Å². The van der Waals surface area contributed by atoms with Gasteiger partial charge in [0.25, 0.3) is 0 Å². The van der Waals surface area contributed by atoms with Crippen LogP contribution in [0.2, 0.25) is 0 Å². The van der Waals surface area contributed by atoms with E-state index >= 15 is 0 Å². The first-order valence-corrected chi connectivity index (χ1v) is 42.8. The van der Waals surface area contributed by atoms with Crippen LogP contribution in [0.3, 0.4) is 0 Å². The lowest BCUT2D eigenvalue weighted by molar-refractivity contribution is -0.161. The fraction of sp³-hybridized carbons (Fsp3) is 0.778. The molecule has 0 spiro atoms. The van der Waals surface area contributed by atoms with Crippen LogP contribution in [0.1, 0.15) is 349 Å². The third-order valence-electron chi connectivity index (χ3n) is 16.8. The summed E-state index contributed by atoms with van der Waals surface area (Å²) in [6.07, 6.45) is 75.5. The zero-order chi connectivity index (χ0) is 73.2. The highest BCUT2D eigenvalue weighted by Crippen LogP contribution is 2.45. The number of hydrogen-bond donors (Lipinski definition) is 3. The van der Waals surface area contributed by atoms with Crippen molar-refractivity contribution in [3.63, 3.8) is 0 Å². The van der Waals surface area contributed by atoms with Crippen molar-refractivity contribution in [2.45, 2.75) is 367 Å². The smallest absolute Gasteiger partial charge is 0.462 e. The summed E-state index contributed by atoms with van der Waals surface area (Å²) in [4.78, 5) is 73.0. The first kappa shape index (κ1) is 96.2. The molecule has 0 aliphatic carbocycles. The van der Waals surface area contributed by atoms with Crippen molar-refractivity contribution in [2.75, 3.05) is 39.6 Å². The minimum absolute atomic E-state index is 0.0767. The number of aliphatic hydroxyl groups is 1. The summed E-state index contributed by atoms with van der Waals surface area (Å²) in [6, 6.07) is 0. The quantitative estimate of drug-likeness (QED) is 0.0169. The standard InChI is InChI=1S/C81H144O17P2/c1-5-9-13-17-21-25-29-33-37-41-45-49-53-57-61-65-78(83)91-71-76(97-80(85)67-63-59-55-51-47-43-39-35-31-27-23-19-15-11-7-3)73-95-99(87,88)93-69-75(82)70-94-100(89,90)96-74-77(98-81(86)68-64-60-56-52-48-44-40-36-32-28-24-20-16-12-8-4)72-92-79(84)66-62-58-54-50-46-42-38-34-30-26-22-18-14-10-6-2/h21,23-25,27-28,33-40,75-77,82H,5-20,22,26,29-32,41-74H2,1-4H3,(H,87,88)(H,89,90)/b25-21-,27-23-,28-24-,37-33-,38-34-,39-35-,40-36-/t75-,76-,77-/m1/s1. The van der Waals surface area contributed by atoms with Crippen LogP contribution in [0, 0.1) is 0 Å². The van der Waals surface area contributed by atoms with E-state index in [1.165, 1.54) is 96.3 Å². The first-order valence-electron chi connectivity index (χ1n) is 39.8. The molecular weight excluding hydrogens is 1310 g/mol. The molecule has 0 amide bonds. The lowest BCUT2D eigenvalue weighted by Crippen LogP contribution is -2.30. The van der Waals surface area contributed by atoms with Crippen LogP contribution in [0.25, 0.3) is 0 Å². The largest absolute Gasteiger partial charge is 0.472 e. The summed E-state index contributed by atoms with van der Waals surface area (Å²) in [6.45, 7) is 4.78. The summed E-state index contributed by atoms with van der Waals surface area (Å²) in [7, 11) is -9.96. The Morgan fingerprint density at radius 3 is 0.770 bits per heavy atom. The molecule has 19 heteroatoms. The Kier molecular flexibility index (Phi) is 70.8. The molecule has 0 fully saturated rings. The Morgan fingerprint density at radius 1 is 0.280 bits per heavy atom. The number of phosphoric ester groups is 2. The zero-order valence-electron chi connectivity index (χ0n) is 63.4. The highest BCUT2D eigenvalue weighted by molar-refractivity contribution is 7.47. The predicted molar refractivity (Wildman–Crippen MR) is 409 cm³/mol. The van der Waals surface area contributed by atoms with Crippen molar-refractivity contribution in [1.29, 1.82) is 0 Å². The van der Waals surface area contributed by atoms with Gasteiger partial charge >= 0.3 is 39.5 Å². The summed E-state index contributed by atoms with van der Waals surface area (Å²) >= 11 is 0.